The minimum Gasteiger partial charge on any atom is -0.389 e. The molecule has 20 heavy (non-hydrogen) atoms. The SMILES string of the molecule is CCCNC1CCC(O)(Cc2ncnn2C(C)C)CC1. The Morgan fingerprint density at radius 2 is 2.15 bits per heavy atom. The molecule has 5 nitrogen and oxygen atoms in total. The highest BCUT2D eigenvalue weighted by Gasteiger charge is 2.34. The molecule has 0 atom stereocenters. The molecule has 0 aromatic carbocycles. The van der Waals surface area contributed by atoms with Gasteiger partial charge in [0.15, 0.2) is 0 Å². The van der Waals surface area contributed by atoms with Gasteiger partial charge >= 0.3 is 0 Å². The van der Waals surface area contributed by atoms with Crippen LogP contribution in [0.1, 0.15) is 64.7 Å². The van der Waals surface area contributed by atoms with Crippen molar-refractivity contribution in [1.82, 2.24) is 20.1 Å². The van der Waals surface area contributed by atoms with E-state index in [1.165, 1.54) is 0 Å². The van der Waals surface area contributed by atoms with Crippen molar-refractivity contribution in [2.45, 2.75) is 77.0 Å². The second kappa shape index (κ2) is 6.68. The van der Waals surface area contributed by atoms with Crippen LogP contribution >= 0.6 is 0 Å². The summed E-state index contributed by atoms with van der Waals surface area (Å²) in [6.07, 6.45) is 7.16. The van der Waals surface area contributed by atoms with Gasteiger partial charge in [0, 0.05) is 18.5 Å². The Bertz CT molecular complexity index is 408. The lowest BCUT2D eigenvalue weighted by Gasteiger charge is -2.36. The molecule has 1 fully saturated rings. The second-order valence-corrected chi connectivity index (χ2v) is 6.34. The van der Waals surface area contributed by atoms with E-state index in [9.17, 15) is 5.11 Å². The van der Waals surface area contributed by atoms with Gasteiger partial charge in [-0.25, -0.2) is 9.67 Å². The molecular formula is C15H28N4O. The first-order valence-electron chi connectivity index (χ1n) is 7.88. The molecule has 0 radical (unpaired) electrons. The van der Waals surface area contributed by atoms with Crippen molar-refractivity contribution in [3.05, 3.63) is 12.2 Å². The molecule has 0 bridgehead atoms. The molecule has 5 heteroatoms. The lowest BCUT2D eigenvalue weighted by molar-refractivity contribution is -0.00570. The standard InChI is InChI=1S/C15H28N4O/c1-4-9-16-13-5-7-15(20,8-6-13)10-14-17-11-18-19(14)12(2)3/h11-13,16,20H,4-10H2,1-3H3. The minimum atomic E-state index is -0.607. The molecule has 114 valence electrons. The zero-order chi connectivity index (χ0) is 14.6. The Labute approximate surface area is 121 Å². The van der Waals surface area contributed by atoms with E-state index >= 15 is 0 Å². The summed E-state index contributed by atoms with van der Waals surface area (Å²) in [6.45, 7) is 7.44. The predicted octanol–water partition coefficient (Wildman–Crippen LogP) is 2.07. The smallest absolute Gasteiger partial charge is 0.138 e. The molecule has 1 saturated carbocycles. The molecule has 0 aliphatic heterocycles. The first-order chi connectivity index (χ1) is 9.54. The highest BCUT2D eigenvalue weighted by molar-refractivity contribution is 4.98. The fourth-order valence-electron chi connectivity index (χ4n) is 3.01. The largest absolute Gasteiger partial charge is 0.389 e. The predicted molar refractivity (Wildman–Crippen MR) is 79.6 cm³/mol. The number of aliphatic hydroxyl groups is 1. The average molecular weight is 280 g/mol. The summed E-state index contributed by atoms with van der Waals surface area (Å²) in [7, 11) is 0. The summed E-state index contributed by atoms with van der Waals surface area (Å²) in [5.41, 5.74) is -0.607. The summed E-state index contributed by atoms with van der Waals surface area (Å²) < 4.78 is 1.92. The molecule has 1 aliphatic rings. The number of rotatable bonds is 6. The molecule has 0 amide bonds. The van der Waals surface area contributed by atoms with Crippen molar-refractivity contribution >= 4 is 0 Å². The van der Waals surface area contributed by atoms with Gasteiger partial charge in [0.2, 0.25) is 0 Å². The van der Waals surface area contributed by atoms with E-state index in [2.05, 4.69) is 36.2 Å². The van der Waals surface area contributed by atoms with Crippen LogP contribution in [0.5, 0.6) is 0 Å². The van der Waals surface area contributed by atoms with E-state index in [0.717, 1.165) is 44.5 Å². The summed E-state index contributed by atoms with van der Waals surface area (Å²) in [4.78, 5) is 4.32. The van der Waals surface area contributed by atoms with Gasteiger partial charge in [-0.3, -0.25) is 0 Å². The van der Waals surface area contributed by atoms with Gasteiger partial charge in [-0.15, -0.1) is 0 Å². The van der Waals surface area contributed by atoms with E-state index in [0.29, 0.717) is 18.5 Å². The maximum atomic E-state index is 10.8. The van der Waals surface area contributed by atoms with Crippen LogP contribution in [-0.4, -0.2) is 38.1 Å². The van der Waals surface area contributed by atoms with Crippen LogP contribution in [0.3, 0.4) is 0 Å². The third-order valence-corrected chi connectivity index (χ3v) is 4.22. The van der Waals surface area contributed by atoms with E-state index < -0.39 is 5.60 Å². The van der Waals surface area contributed by atoms with Crippen LogP contribution in [0.15, 0.2) is 6.33 Å². The van der Waals surface area contributed by atoms with Crippen molar-refractivity contribution < 1.29 is 5.11 Å². The zero-order valence-corrected chi connectivity index (χ0v) is 13.0. The summed E-state index contributed by atoms with van der Waals surface area (Å²) in [6, 6.07) is 0.858. The molecule has 0 unspecified atom stereocenters. The first kappa shape index (κ1) is 15.4. The number of nitrogens with zero attached hydrogens (tertiary/aromatic N) is 3. The quantitative estimate of drug-likeness (QED) is 0.837. The third kappa shape index (κ3) is 3.79. The van der Waals surface area contributed by atoms with Crippen molar-refractivity contribution in [3.63, 3.8) is 0 Å². The Morgan fingerprint density at radius 1 is 1.45 bits per heavy atom. The van der Waals surface area contributed by atoms with E-state index in [4.69, 9.17) is 0 Å². The van der Waals surface area contributed by atoms with Crippen LogP contribution in [0.4, 0.5) is 0 Å². The molecule has 0 saturated heterocycles. The Hall–Kier alpha value is -0.940. The van der Waals surface area contributed by atoms with Crippen LogP contribution in [0, 0.1) is 0 Å². The van der Waals surface area contributed by atoms with Crippen LogP contribution < -0.4 is 5.32 Å². The average Bonchev–Trinajstić information content (AvgIpc) is 2.86. The Kier molecular flexibility index (Phi) is 5.16. The topological polar surface area (TPSA) is 63.0 Å². The lowest BCUT2D eigenvalue weighted by Crippen LogP contribution is -2.43. The van der Waals surface area contributed by atoms with E-state index in [1.807, 2.05) is 4.68 Å². The maximum absolute atomic E-state index is 10.8. The summed E-state index contributed by atoms with van der Waals surface area (Å²) in [5.74, 6) is 0.905. The highest BCUT2D eigenvalue weighted by atomic mass is 16.3. The van der Waals surface area contributed by atoms with Crippen LogP contribution in [0.25, 0.3) is 0 Å². The molecule has 1 aliphatic carbocycles. The first-order valence-corrected chi connectivity index (χ1v) is 7.88. The zero-order valence-electron chi connectivity index (χ0n) is 13.0. The van der Waals surface area contributed by atoms with E-state index in [1.54, 1.807) is 6.33 Å². The van der Waals surface area contributed by atoms with E-state index in [-0.39, 0.29) is 0 Å². The molecular weight excluding hydrogens is 252 g/mol. The molecule has 2 N–H and O–H groups in total. The maximum Gasteiger partial charge on any atom is 0.138 e. The monoisotopic (exact) mass is 280 g/mol. The number of hydrogen-bond acceptors (Lipinski definition) is 4. The van der Waals surface area contributed by atoms with Crippen LogP contribution in [-0.2, 0) is 6.42 Å². The molecule has 0 spiro atoms. The molecule has 1 aromatic heterocycles. The fraction of sp³-hybridized carbons (Fsp3) is 0.867. The van der Waals surface area contributed by atoms with Crippen molar-refractivity contribution in [1.29, 1.82) is 0 Å². The van der Waals surface area contributed by atoms with Gasteiger partial charge in [0.05, 0.1) is 5.60 Å². The fourth-order valence-corrected chi connectivity index (χ4v) is 3.01. The number of hydrogen-bond donors (Lipinski definition) is 2. The molecule has 1 heterocycles. The highest BCUT2D eigenvalue weighted by Crippen LogP contribution is 2.31. The third-order valence-electron chi connectivity index (χ3n) is 4.22. The summed E-state index contributed by atoms with van der Waals surface area (Å²) in [5, 5.41) is 18.6. The molecule has 1 aromatic rings. The van der Waals surface area contributed by atoms with Crippen LogP contribution in [0.2, 0.25) is 0 Å². The van der Waals surface area contributed by atoms with Gasteiger partial charge in [0.25, 0.3) is 0 Å². The Morgan fingerprint density at radius 3 is 2.75 bits per heavy atom. The number of aromatic nitrogens is 3. The van der Waals surface area contributed by atoms with Crippen molar-refractivity contribution in [2.75, 3.05) is 6.54 Å². The van der Waals surface area contributed by atoms with Crippen molar-refractivity contribution in [3.8, 4) is 0 Å². The minimum absolute atomic E-state index is 0.290. The van der Waals surface area contributed by atoms with Gasteiger partial charge in [0.1, 0.15) is 12.2 Å². The Balaban J connectivity index is 1.91. The van der Waals surface area contributed by atoms with Gasteiger partial charge in [-0.05, 0) is 52.5 Å². The van der Waals surface area contributed by atoms with Gasteiger partial charge in [-0.2, -0.15) is 5.10 Å². The summed E-state index contributed by atoms with van der Waals surface area (Å²) >= 11 is 0. The van der Waals surface area contributed by atoms with Gasteiger partial charge in [-0.1, -0.05) is 6.92 Å². The lowest BCUT2D eigenvalue weighted by atomic mass is 9.80. The normalized spacial score (nSPS) is 27.1. The van der Waals surface area contributed by atoms with Gasteiger partial charge < -0.3 is 10.4 Å². The number of nitrogens with one attached hydrogen (secondary N) is 1. The van der Waals surface area contributed by atoms with Crippen molar-refractivity contribution in [2.24, 2.45) is 0 Å². The second-order valence-electron chi connectivity index (χ2n) is 6.34. The molecule has 2 rings (SSSR count).